The van der Waals surface area contributed by atoms with Crippen LogP contribution in [-0.2, 0) is 30.4 Å². The molecule has 0 heterocycles. The van der Waals surface area contributed by atoms with Gasteiger partial charge in [-0.05, 0) is 17.7 Å². The minimum atomic E-state index is -1.58. The van der Waals surface area contributed by atoms with Gasteiger partial charge in [-0.3, -0.25) is 19.2 Å². The molecule has 4 amide bonds. The first kappa shape index (κ1) is 27.7. The van der Waals surface area contributed by atoms with E-state index in [0.29, 0.717) is 5.56 Å². The molecule has 0 radical (unpaired) electrons. The van der Waals surface area contributed by atoms with Crippen molar-refractivity contribution in [2.24, 2.45) is 11.5 Å². The number of rotatable bonds is 13. The second kappa shape index (κ2) is 13.2. The molecular weight excluding hydrogens is 458 g/mol. The van der Waals surface area contributed by atoms with Gasteiger partial charge in [0.2, 0.25) is 23.6 Å². The Morgan fingerprint density at radius 1 is 0.909 bits per heavy atom. The van der Waals surface area contributed by atoms with Gasteiger partial charge in [0.1, 0.15) is 23.9 Å². The van der Waals surface area contributed by atoms with Crippen LogP contribution in [-0.4, -0.2) is 81.4 Å². The molecule has 0 spiro atoms. The molecule has 0 aliphatic carbocycles. The number of amides is 4. The number of thiol groups is 1. The van der Waals surface area contributed by atoms with E-state index in [1.54, 1.807) is 0 Å². The van der Waals surface area contributed by atoms with Crippen molar-refractivity contribution in [3.8, 4) is 5.75 Å². The number of hydrogen-bond donors (Lipinski definition) is 9. The van der Waals surface area contributed by atoms with Crippen LogP contribution in [0.3, 0.4) is 0 Å². The molecule has 0 fully saturated rings. The van der Waals surface area contributed by atoms with E-state index in [-0.39, 0.29) is 17.9 Å². The summed E-state index contributed by atoms with van der Waals surface area (Å²) in [5, 5.41) is 34.7. The van der Waals surface area contributed by atoms with E-state index < -0.39 is 66.8 Å². The number of phenols is 1. The van der Waals surface area contributed by atoms with E-state index >= 15 is 0 Å². The zero-order chi connectivity index (χ0) is 25.1. The average molecular weight is 486 g/mol. The van der Waals surface area contributed by atoms with Crippen molar-refractivity contribution in [2.75, 3.05) is 12.4 Å². The Balaban J connectivity index is 2.93. The van der Waals surface area contributed by atoms with E-state index in [4.69, 9.17) is 11.5 Å². The Labute approximate surface area is 194 Å². The molecule has 13 nitrogen and oxygen atoms in total. The molecule has 1 aromatic carbocycles. The molecule has 4 atom stereocenters. The summed E-state index contributed by atoms with van der Waals surface area (Å²) in [5.41, 5.74) is 11.1. The van der Waals surface area contributed by atoms with Gasteiger partial charge < -0.3 is 42.7 Å². The summed E-state index contributed by atoms with van der Waals surface area (Å²) in [6.07, 6.45) is -0.832. The normalized spacial score (nSPS) is 14.3. The van der Waals surface area contributed by atoms with Gasteiger partial charge in [-0.25, -0.2) is 4.79 Å². The number of primary amides is 1. The molecule has 10 N–H and O–H groups in total. The smallest absolute Gasteiger partial charge is 0.326 e. The summed E-state index contributed by atoms with van der Waals surface area (Å²) in [4.78, 5) is 59.9. The number of aromatic hydroxyl groups is 1. The summed E-state index contributed by atoms with van der Waals surface area (Å²) < 4.78 is 0. The lowest BCUT2D eigenvalue weighted by Crippen LogP contribution is -2.59. The van der Waals surface area contributed by atoms with Gasteiger partial charge >= 0.3 is 5.97 Å². The molecule has 0 aliphatic heterocycles. The third-order valence-electron chi connectivity index (χ3n) is 4.38. The van der Waals surface area contributed by atoms with E-state index in [0.717, 1.165) is 0 Å². The van der Waals surface area contributed by atoms with Gasteiger partial charge in [-0.2, -0.15) is 12.6 Å². The van der Waals surface area contributed by atoms with Gasteiger partial charge in [0, 0.05) is 12.2 Å². The Hall–Kier alpha value is -3.36. The number of aliphatic hydroxyl groups is 1. The zero-order valence-electron chi connectivity index (χ0n) is 17.4. The molecule has 1 rings (SSSR count). The number of carboxylic acid groups (broad SMARTS) is 1. The van der Waals surface area contributed by atoms with Crippen LogP contribution < -0.4 is 27.4 Å². The predicted octanol–water partition coefficient (Wildman–Crippen LogP) is -3.40. The number of carbonyl (C=O) groups excluding carboxylic acids is 4. The molecule has 0 bridgehead atoms. The number of nitrogens with two attached hydrogens (primary N) is 2. The number of hydrogen-bond acceptors (Lipinski definition) is 9. The molecule has 0 saturated heterocycles. The Morgan fingerprint density at radius 2 is 1.42 bits per heavy atom. The zero-order valence-corrected chi connectivity index (χ0v) is 18.3. The highest BCUT2D eigenvalue weighted by molar-refractivity contribution is 7.80. The maximum Gasteiger partial charge on any atom is 0.326 e. The Bertz CT molecular complexity index is 866. The lowest BCUT2D eigenvalue weighted by molar-refractivity contribution is -0.142. The second-order valence-electron chi connectivity index (χ2n) is 7.03. The topological polar surface area (TPSA) is 234 Å². The molecule has 0 aliphatic rings. The molecule has 4 unspecified atom stereocenters. The summed E-state index contributed by atoms with van der Waals surface area (Å²) in [6.45, 7) is -0.847. The SMILES string of the molecule is NC(=O)CC(NC(=O)C(CO)NC(=O)C(N)CS)C(=O)NC(Cc1ccc(O)cc1)C(=O)O. The van der Waals surface area contributed by atoms with Crippen molar-refractivity contribution in [3.05, 3.63) is 29.8 Å². The summed E-state index contributed by atoms with van der Waals surface area (Å²) in [5.74, 6) is -5.25. The quantitative estimate of drug-likeness (QED) is 0.126. The van der Waals surface area contributed by atoms with E-state index in [2.05, 4.69) is 28.6 Å². The number of benzene rings is 1. The van der Waals surface area contributed by atoms with Crippen LogP contribution >= 0.6 is 12.6 Å². The highest BCUT2D eigenvalue weighted by atomic mass is 32.1. The van der Waals surface area contributed by atoms with Crippen molar-refractivity contribution >= 4 is 42.2 Å². The molecule has 1 aromatic rings. The maximum absolute atomic E-state index is 12.6. The van der Waals surface area contributed by atoms with Crippen LogP contribution in [0.4, 0.5) is 0 Å². The lowest BCUT2D eigenvalue weighted by atomic mass is 10.0. The molecule has 33 heavy (non-hydrogen) atoms. The van der Waals surface area contributed by atoms with E-state index in [1.807, 2.05) is 0 Å². The first-order valence-corrected chi connectivity index (χ1v) is 10.3. The van der Waals surface area contributed by atoms with Gasteiger partial charge in [-0.15, -0.1) is 0 Å². The number of nitrogens with one attached hydrogen (secondary N) is 3. The minimum absolute atomic E-state index is 0.0280. The average Bonchev–Trinajstić information content (AvgIpc) is 2.76. The highest BCUT2D eigenvalue weighted by Crippen LogP contribution is 2.11. The van der Waals surface area contributed by atoms with Crippen molar-refractivity contribution in [1.82, 2.24) is 16.0 Å². The fourth-order valence-corrected chi connectivity index (χ4v) is 2.74. The van der Waals surface area contributed by atoms with Crippen LogP contribution in [0.1, 0.15) is 12.0 Å². The fraction of sp³-hybridized carbons (Fsp3) is 0.421. The third-order valence-corrected chi connectivity index (χ3v) is 4.77. The van der Waals surface area contributed by atoms with Crippen molar-refractivity contribution in [1.29, 1.82) is 0 Å². The molecule has 14 heteroatoms. The summed E-state index contributed by atoms with van der Waals surface area (Å²) in [6, 6.07) is 0.0330. The van der Waals surface area contributed by atoms with Crippen molar-refractivity contribution in [3.63, 3.8) is 0 Å². The molecule has 0 aromatic heterocycles. The van der Waals surface area contributed by atoms with Gasteiger partial charge in [0.15, 0.2) is 0 Å². The van der Waals surface area contributed by atoms with Crippen LogP contribution in [0.25, 0.3) is 0 Å². The lowest BCUT2D eigenvalue weighted by Gasteiger charge is -2.23. The Kier molecular flexibility index (Phi) is 11.1. The Morgan fingerprint density at radius 3 is 1.91 bits per heavy atom. The van der Waals surface area contributed by atoms with Gasteiger partial charge in [0.25, 0.3) is 0 Å². The number of phenolic OH excluding ortho intramolecular Hbond substituents is 1. The van der Waals surface area contributed by atoms with Crippen molar-refractivity contribution in [2.45, 2.75) is 37.0 Å². The van der Waals surface area contributed by atoms with Crippen LogP contribution in [0.2, 0.25) is 0 Å². The number of carboxylic acids is 1. The standard InChI is InChI=1S/C19H27N5O8S/c20-11(8-33)16(28)24-14(7-25)18(30)22-12(6-15(21)27)17(29)23-13(19(31)32)5-9-1-3-10(26)4-2-9/h1-4,11-14,25-26,33H,5-8,20H2,(H2,21,27)(H,22,30)(H,23,29)(H,24,28)(H,31,32). The van der Waals surface area contributed by atoms with Gasteiger partial charge in [0.05, 0.1) is 19.1 Å². The van der Waals surface area contributed by atoms with Gasteiger partial charge in [-0.1, -0.05) is 12.1 Å². The third kappa shape index (κ3) is 9.34. The first-order valence-electron chi connectivity index (χ1n) is 9.65. The second-order valence-corrected chi connectivity index (χ2v) is 7.40. The van der Waals surface area contributed by atoms with E-state index in [1.165, 1.54) is 24.3 Å². The van der Waals surface area contributed by atoms with Crippen LogP contribution in [0.5, 0.6) is 5.75 Å². The first-order chi connectivity index (χ1) is 15.5. The monoisotopic (exact) mass is 485 g/mol. The molecular formula is C19H27N5O8S. The molecule has 182 valence electrons. The highest BCUT2D eigenvalue weighted by Gasteiger charge is 2.31. The van der Waals surface area contributed by atoms with E-state index in [9.17, 15) is 39.3 Å². The minimum Gasteiger partial charge on any atom is -0.508 e. The largest absolute Gasteiger partial charge is 0.508 e. The fourth-order valence-electron chi connectivity index (χ4n) is 2.58. The van der Waals surface area contributed by atoms with Crippen molar-refractivity contribution < 1.29 is 39.3 Å². The number of aliphatic carboxylic acids is 1. The number of aliphatic hydroxyl groups excluding tert-OH is 1. The maximum atomic E-state index is 12.6. The number of carbonyl (C=O) groups is 5. The molecule has 0 saturated carbocycles. The summed E-state index contributed by atoms with van der Waals surface area (Å²) >= 11 is 3.85. The van der Waals surface area contributed by atoms with Crippen LogP contribution in [0, 0.1) is 0 Å². The predicted molar refractivity (Wildman–Crippen MR) is 118 cm³/mol. The summed E-state index contributed by atoms with van der Waals surface area (Å²) in [7, 11) is 0. The van der Waals surface area contributed by atoms with Crippen LogP contribution in [0.15, 0.2) is 24.3 Å².